The molecule has 28 heavy (non-hydrogen) atoms. The number of nitrogens with zero attached hydrogens (tertiary/aromatic N) is 2. The van der Waals surface area contributed by atoms with E-state index in [0.29, 0.717) is 24.2 Å². The highest BCUT2D eigenvalue weighted by Gasteiger charge is 2.37. The van der Waals surface area contributed by atoms with Crippen molar-refractivity contribution in [2.45, 2.75) is 32.2 Å². The Hall–Kier alpha value is -2.85. The number of rotatable bonds is 5. The van der Waals surface area contributed by atoms with Crippen molar-refractivity contribution in [2.24, 2.45) is 0 Å². The number of aryl methyl sites for hydroxylation is 1. The first-order valence-electron chi connectivity index (χ1n) is 8.05. The third-order valence-electron chi connectivity index (χ3n) is 3.79. The zero-order valence-corrected chi connectivity index (χ0v) is 14.5. The van der Waals surface area contributed by atoms with Crippen molar-refractivity contribution in [3.05, 3.63) is 63.3 Å². The number of nitrogens with one attached hydrogen (secondary N) is 1. The third-order valence-corrected chi connectivity index (χ3v) is 3.79. The Morgan fingerprint density at radius 2 is 1.61 bits per heavy atom. The van der Waals surface area contributed by atoms with Gasteiger partial charge in [-0.1, -0.05) is 6.92 Å². The van der Waals surface area contributed by atoms with Gasteiger partial charge in [-0.15, -0.1) is 0 Å². The summed E-state index contributed by atoms with van der Waals surface area (Å²) in [6.07, 6.45) is -8.30. The molecule has 0 bridgehead atoms. The number of alkyl halides is 6. The van der Waals surface area contributed by atoms with E-state index in [0.717, 1.165) is 4.57 Å². The Bertz CT molecular complexity index is 886. The lowest BCUT2D eigenvalue weighted by molar-refractivity contribution is -0.143. The second-order valence-electron chi connectivity index (χ2n) is 5.82. The number of carbonyl (C=O) groups excluding carboxylic acids is 1. The minimum absolute atomic E-state index is 0.0490. The van der Waals surface area contributed by atoms with E-state index in [1.807, 2.05) is 0 Å². The summed E-state index contributed by atoms with van der Waals surface area (Å²) in [6, 6.07) is 1.92. The molecule has 0 fully saturated rings. The van der Waals surface area contributed by atoms with E-state index >= 15 is 0 Å². The molecule has 1 amide bonds. The van der Waals surface area contributed by atoms with Gasteiger partial charge in [0.1, 0.15) is 0 Å². The minimum atomic E-state index is -5.05. The molecule has 1 aromatic heterocycles. The molecule has 2 aromatic rings. The van der Waals surface area contributed by atoms with Gasteiger partial charge in [-0.25, -0.2) is 4.98 Å². The fourth-order valence-electron chi connectivity index (χ4n) is 2.30. The Kier molecular flexibility index (Phi) is 6.15. The molecular formula is C17H15F6N3O2. The highest BCUT2D eigenvalue weighted by molar-refractivity contribution is 5.94. The highest BCUT2D eigenvalue weighted by atomic mass is 19.4. The van der Waals surface area contributed by atoms with E-state index < -0.39 is 35.0 Å². The summed E-state index contributed by atoms with van der Waals surface area (Å²) < 4.78 is 78.2. The van der Waals surface area contributed by atoms with Crippen molar-refractivity contribution in [3.63, 3.8) is 0 Å². The number of carbonyl (C=O) groups is 1. The molecule has 0 aliphatic rings. The van der Waals surface area contributed by atoms with Gasteiger partial charge in [0, 0.05) is 30.4 Å². The largest absolute Gasteiger partial charge is 0.416 e. The molecule has 0 spiro atoms. The number of aromatic nitrogens is 2. The van der Waals surface area contributed by atoms with Crippen LogP contribution < -0.4 is 10.9 Å². The number of benzene rings is 1. The van der Waals surface area contributed by atoms with Crippen LogP contribution in [0.2, 0.25) is 0 Å². The lowest BCUT2D eigenvalue weighted by Crippen LogP contribution is -2.31. The lowest BCUT2D eigenvalue weighted by Gasteiger charge is -2.14. The molecule has 1 N–H and O–H groups in total. The Morgan fingerprint density at radius 3 is 2.07 bits per heavy atom. The molecule has 0 aliphatic heterocycles. The van der Waals surface area contributed by atoms with Crippen LogP contribution >= 0.6 is 0 Å². The monoisotopic (exact) mass is 407 g/mol. The van der Waals surface area contributed by atoms with E-state index in [1.165, 1.54) is 12.4 Å². The van der Waals surface area contributed by atoms with Gasteiger partial charge in [-0.05, 0) is 24.6 Å². The van der Waals surface area contributed by atoms with Gasteiger partial charge < -0.3 is 5.32 Å². The first-order chi connectivity index (χ1) is 12.9. The lowest BCUT2D eigenvalue weighted by atomic mass is 10.0. The summed E-state index contributed by atoms with van der Waals surface area (Å²) in [4.78, 5) is 27.8. The number of halogens is 6. The van der Waals surface area contributed by atoms with Gasteiger partial charge in [-0.2, -0.15) is 26.3 Å². The van der Waals surface area contributed by atoms with Crippen LogP contribution in [-0.4, -0.2) is 22.0 Å². The molecule has 1 aromatic carbocycles. The summed E-state index contributed by atoms with van der Waals surface area (Å²) in [7, 11) is 0. The number of hydrogen-bond acceptors (Lipinski definition) is 3. The molecule has 2 rings (SSSR count). The maximum absolute atomic E-state index is 12.8. The smallest absolute Gasteiger partial charge is 0.350 e. The Morgan fingerprint density at radius 1 is 1.04 bits per heavy atom. The van der Waals surface area contributed by atoms with Crippen LogP contribution in [0.25, 0.3) is 0 Å². The summed E-state index contributed by atoms with van der Waals surface area (Å²) in [5.41, 5.74) is -3.77. The Labute approximate surface area is 155 Å². The normalized spacial score (nSPS) is 12.1. The fraction of sp³-hybridized carbons (Fsp3) is 0.353. The second-order valence-corrected chi connectivity index (χ2v) is 5.82. The summed E-state index contributed by atoms with van der Waals surface area (Å²) >= 11 is 0. The van der Waals surface area contributed by atoms with Gasteiger partial charge in [0.05, 0.1) is 17.5 Å². The van der Waals surface area contributed by atoms with Crippen molar-refractivity contribution in [3.8, 4) is 0 Å². The van der Waals surface area contributed by atoms with E-state index in [2.05, 4.69) is 10.3 Å². The van der Waals surface area contributed by atoms with Gasteiger partial charge in [0.15, 0.2) is 0 Å². The summed E-state index contributed by atoms with van der Waals surface area (Å²) in [5, 5.41) is 2.20. The van der Waals surface area contributed by atoms with E-state index in [9.17, 15) is 35.9 Å². The van der Waals surface area contributed by atoms with Crippen LogP contribution in [0.3, 0.4) is 0 Å². The van der Waals surface area contributed by atoms with Crippen LogP contribution in [-0.2, 0) is 25.3 Å². The molecule has 0 saturated carbocycles. The van der Waals surface area contributed by atoms with Crippen LogP contribution in [0, 0.1) is 0 Å². The topological polar surface area (TPSA) is 64.0 Å². The minimum Gasteiger partial charge on any atom is -0.350 e. The Balaban J connectivity index is 2.16. The van der Waals surface area contributed by atoms with Crippen molar-refractivity contribution in [1.29, 1.82) is 0 Å². The van der Waals surface area contributed by atoms with Crippen LogP contribution in [0.1, 0.15) is 34.1 Å². The maximum Gasteiger partial charge on any atom is 0.416 e. The number of hydrogen-bond donors (Lipinski definition) is 1. The van der Waals surface area contributed by atoms with Crippen molar-refractivity contribution < 1.29 is 31.1 Å². The molecule has 5 nitrogen and oxygen atoms in total. The van der Waals surface area contributed by atoms with Crippen molar-refractivity contribution in [1.82, 2.24) is 14.9 Å². The summed E-state index contributed by atoms with van der Waals surface area (Å²) in [5.74, 6) is -1.12. The quantitative estimate of drug-likeness (QED) is 0.774. The average molecular weight is 407 g/mol. The highest BCUT2D eigenvalue weighted by Crippen LogP contribution is 2.36. The zero-order valence-electron chi connectivity index (χ0n) is 14.5. The zero-order chi connectivity index (χ0) is 21.1. The van der Waals surface area contributed by atoms with Crippen LogP contribution in [0.5, 0.6) is 0 Å². The van der Waals surface area contributed by atoms with Crippen LogP contribution in [0.4, 0.5) is 26.3 Å². The second kappa shape index (κ2) is 8.03. The molecule has 0 radical (unpaired) electrons. The van der Waals surface area contributed by atoms with Gasteiger partial charge >= 0.3 is 12.4 Å². The van der Waals surface area contributed by atoms with E-state index in [-0.39, 0.29) is 24.7 Å². The molecule has 0 unspecified atom stereocenters. The molecule has 0 atom stereocenters. The number of amides is 1. The van der Waals surface area contributed by atoms with Crippen molar-refractivity contribution >= 4 is 5.91 Å². The van der Waals surface area contributed by atoms with E-state index in [4.69, 9.17) is 0 Å². The molecule has 0 aliphatic carbocycles. The van der Waals surface area contributed by atoms with E-state index in [1.54, 1.807) is 6.92 Å². The maximum atomic E-state index is 12.8. The van der Waals surface area contributed by atoms with Crippen LogP contribution in [0.15, 0.2) is 35.4 Å². The molecule has 0 saturated heterocycles. The standard InChI is InChI=1S/C17H15F6N3O2/c1-2-13-8-14(27)26(9-25-13)4-3-24-15(28)10-5-11(16(18,19)20)7-12(6-10)17(21,22)23/h5-9H,2-4H2,1H3,(H,24,28). The molecule has 11 heteroatoms. The third kappa shape index (κ3) is 5.33. The average Bonchev–Trinajstić information content (AvgIpc) is 2.61. The SMILES string of the molecule is CCc1cc(=O)n(CCNC(=O)c2cc(C(F)(F)F)cc(C(F)(F)F)c2)cn1. The van der Waals surface area contributed by atoms with Crippen molar-refractivity contribution in [2.75, 3.05) is 6.54 Å². The molecule has 152 valence electrons. The fourth-order valence-corrected chi connectivity index (χ4v) is 2.30. The molecular weight excluding hydrogens is 392 g/mol. The first-order valence-corrected chi connectivity index (χ1v) is 8.05. The first kappa shape index (κ1) is 21.5. The predicted octanol–water partition coefficient (Wildman–Crippen LogP) is 3.27. The van der Waals surface area contributed by atoms with Gasteiger partial charge in [0.25, 0.3) is 11.5 Å². The predicted molar refractivity (Wildman–Crippen MR) is 86.7 cm³/mol. The van der Waals surface area contributed by atoms with Gasteiger partial charge in [-0.3, -0.25) is 14.2 Å². The molecule has 1 heterocycles. The summed E-state index contributed by atoms with van der Waals surface area (Å²) in [6.45, 7) is 1.56. The van der Waals surface area contributed by atoms with Gasteiger partial charge in [0.2, 0.25) is 0 Å².